The second-order valence-corrected chi connectivity index (χ2v) is 4.62. The van der Waals surface area contributed by atoms with Crippen LogP contribution < -0.4 is 11.1 Å². The Morgan fingerprint density at radius 3 is 2.37 bits per heavy atom. The van der Waals surface area contributed by atoms with Crippen molar-refractivity contribution in [2.24, 2.45) is 5.73 Å². The third kappa shape index (κ3) is 4.71. The number of nitrogens with two attached hydrogens (primary N) is 1. The monoisotopic (exact) mass is 264 g/mol. The number of aliphatic carboxylic acids is 1. The molecule has 0 aliphatic rings. The van der Waals surface area contributed by atoms with Crippen molar-refractivity contribution in [2.75, 3.05) is 5.32 Å². The number of rotatable bonds is 6. The average molecular weight is 264 g/mol. The third-order valence-corrected chi connectivity index (χ3v) is 3.00. The number of amides is 1. The van der Waals surface area contributed by atoms with E-state index in [1.165, 1.54) is 0 Å². The Bertz CT molecular complexity index is 443. The van der Waals surface area contributed by atoms with Crippen molar-refractivity contribution in [1.29, 1.82) is 0 Å². The van der Waals surface area contributed by atoms with Gasteiger partial charge in [-0.15, -0.1) is 0 Å². The summed E-state index contributed by atoms with van der Waals surface area (Å²) >= 11 is 0. The van der Waals surface area contributed by atoms with E-state index >= 15 is 0 Å². The van der Waals surface area contributed by atoms with Gasteiger partial charge >= 0.3 is 5.97 Å². The molecule has 1 aromatic carbocycles. The number of hydrogen-bond acceptors (Lipinski definition) is 3. The highest BCUT2D eigenvalue weighted by molar-refractivity contribution is 5.94. The summed E-state index contributed by atoms with van der Waals surface area (Å²) in [5.41, 5.74) is 7.22. The van der Waals surface area contributed by atoms with Crippen molar-refractivity contribution >= 4 is 17.6 Å². The summed E-state index contributed by atoms with van der Waals surface area (Å²) in [4.78, 5) is 22.2. The Balaban J connectivity index is 2.66. The molecule has 1 unspecified atom stereocenters. The molecule has 0 aliphatic carbocycles. The lowest BCUT2D eigenvalue weighted by Crippen LogP contribution is -2.34. The molecule has 19 heavy (non-hydrogen) atoms. The molecule has 0 spiro atoms. The molecule has 1 amide bonds. The zero-order valence-corrected chi connectivity index (χ0v) is 11.2. The van der Waals surface area contributed by atoms with Crippen LogP contribution in [0.3, 0.4) is 0 Å². The predicted octanol–water partition coefficient (Wildman–Crippen LogP) is 1.94. The predicted molar refractivity (Wildman–Crippen MR) is 74.0 cm³/mol. The summed E-state index contributed by atoms with van der Waals surface area (Å²) < 4.78 is 0. The number of carboxylic acid groups (broad SMARTS) is 1. The van der Waals surface area contributed by atoms with Gasteiger partial charge in [0.05, 0.1) is 12.5 Å². The van der Waals surface area contributed by atoms with Gasteiger partial charge in [0.2, 0.25) is 5.91 Å². The minimum atomic E-state index is -0.821. The molecule has 0 heterocycles. The Morgan fingerprint density at radius 1 is 1.32 bits per heavy atom. The van der Waals surface area contributed by atoms with Gasteiger partial charge in [0.25, 0.3) is 0 Å². The molecule has 0 fully saturated rings. The summed E-state index contributed by atoms with van der Waals surface area (Å²) in [6.07, 6.45) is 0.673. The lowest BCUT2D eigenvalue weighted by atomic mass is 9.98. The highest BCUT2D eigenvalue weighted by atomic mass is 16.4. The molecule has 5 heteroatoms. The van der Waals surface area contributed by atoms with Crippen LogP contribution in [0.2, 0.25) is 0 Å². The number of hydrogen-bond donors (Lipinski definition) is 3. The molecule has 0 saturated carbocycles. The van der Waals surface area contributed by atoms with Crippen LogP contribution >= 0.6 is 0 Å². The van der Waals surface area contributed by atoms with Gasteiger partial charge in [-0.1, -0.05) is 26.0 Å². The van der Waals surface area contributed by atoms with Crippen LogP contribution in [0.4, 0.5) is 5.69 Å². The van der Waals surface area contributed by atoms with Crippen LogP contribution in [0, 0.1) is 0 Å². The van der Waals surface area contributed by atoms with E-state index in [2.05, 4.69) is 5.32 Å². The van der Waals surface area contributed by atoms with E-state index < -0.39 is 12.0 Å². The fraction of sp³-hybridized carbons (Fsp3) is 0.429. The van der Waals surface area contributed by atoms with Gasteiger partial charge in [-0.25, -0.2) is 0 Å². The molecule has 0 bridgehead atoms. The van der Waals surface area contributed by atoms with Gasteiger partial charge in [-0.2, -0.15) is 0 Å². The second kappa shape index (κ2) is 6.89. The minimum absolute atomic E-state index is 0.0554. The molecule has 104 valence electrons. The fourth-order valence-electron chi connectivity index (χ4n) is 1.70. The van der Waals surface area contributed by atoms with Crippen molar-refractivity contribution < 1.29 is 14.7 Å². The van der Waals surface area contributed by atoms with Gasteiger partial charge in [-0.05, 0) is 30.0 Å². The maximum atomic E-state index is 11.6. The lowest BCUT2D eigenvalue weighted by Gasteiger charge is -2.12. The minimum Gasteiger partial charge on any atom is -0.481 e. The van der Waals surface area contributed by atoms with E-state index in [0.717, 1.165) is 5.56 Å². The first-order valence-corrected chi connectivity index (χ1v) is 6.32. The standard InChI is InChI=1S/C14H20N2O3/c1-3-12(15)14(19)16-11-6-4-10(5-7-11)9(2)8-13(17)18/h4-7,9,12H,3,8,15H2,1-2H3,(H,16,19)(H,17,18)/t9?,12-/m1/s1. The van der Waals surface area contributed by atoms with Crippen LogP contribution in [-0.4, -0.2) is 23.0 Å². The molecule has 0 aliphatic heterocycles. The summed E-state index contributed by atoms with van der Waals surface area (Å²) in [5, 5.41) is 11.5. The first-order valence-electron chi connectivity index (χ1n) is 6.32. The molecule has 5 nitrogen and oxygen atoms in total. The summed E-state index contributed by atoms with van der Waals surface area (Å²) in [6.45, 7) is 3.70. The zero-order chi connectivity index (χ0) is 14.4. The van der Waals surface area contributed by atoms with Crippen molar-refractivity contribution in [3.63, 3.8) is 0 Å². The maximum Gasteiger partial charge on any atom is 0.303 e. The normalized spacial score (nSPS) is 13.6. The summed E-state index contributed by atoms with van der Waals surface area (Å²) in [7, 11) is 0. The van der Waals surface area contributed by atoms with Gasteiger partial charge < -0.3 is 16.2 Å². The van der Waals surface area contributed by atoms with E-state index in [4.69, 9.17) is 10.8 Å². The van der Waals surface area contributed by atoms with Crippen LogP contribution in [0.25, 0.3) is 0 Å². The first kappa shape index (κ1) is 15.2. The number of carboxylic acids is 1. The van der Waals surface area contributed by atoms with Crippen molar-refractivity contribution in [3.8, 4) is 0 Å². The molecule has 1 rings (SSSR count). The van der Waals surface area contributed by atoms with Gasteiger partial charge in [0.1, 0.15) is 0 Å². The van der Waals surface area contributed by atoms with Crippen LogP contribution in [0.15, 0.2) is 24.3 Å². The molecule has 4 N–H and O–H groups in total. The van der Waals surface area contributed by atoms with Crippen LogP contribution in [-0.2, 0) is 9.59 Å². The molecule has 2 atom stereocenters. The SMILES string of the molecule is CC[C@@H](N)C(=O)Nc1ccc(C(C)CC(=O)O)cc1. The number of nitrogens with one attached hydrogen (secondary N) is 1. The van der Waals surface area contributed by atoms with Gasteiger partial charge in [0, 0.05) is 5.69 Å². The van der Waals surface area contributed by atoms with E-state index in [0.29, 0.717) is 12.1 Å². The van der Waals surface area contributed by atoms with E-state index in [1.807, 2.05) is 26.0 Å². The number of carbonyl (C=O) groups excluding carboxylic acids is 1. The molecule has 0 aromatic heterocycles. The third-order valence-electron chi connectivity index (χ3n) is 3.00. The molecule has 0 saturated heterocycles. The molecule has 1 aromatic rings. The molecular weight excluding hydrogens is 244 g/mol. The smallest absolute Gasteiger partial charge is 0.303 e. The van der Waals surface area contributed by atoms with Crippen molar-refractivity contribution in [2.45, 2.75) is 38.6 Å². The highest BCUT2D eigenvalue weighted by Crippen LogP contribution is 2.21. The average Bonchev–Trinajstić information content (AvgIpc) is 2.37. The van der Waals surface area contributed by atoms with Crippen LogP contribution in [0.1, 0.15) is 38.2 Å². The Labute approximate surface area is 112 Å². The fourth-order valence-corrected chi connectivity index (χ4v) is 1.70. The van der Waals surface area contributed by atoms with E-state index in [-0.39, 0.29) is 18.2 Å². The van der Waals surface area contributed by atoms with Gasteiger partial charge in [0.15, 0.2) is 0 Å². The number of carbonyl (C=O) groups is 2. The summed E-state index contributed by atoms with van der Waals surface area (Å²) in [5.74, 6) is -1.09. The number of anilines is 1. The van der Waals surface area contributed by atoms with E-state index in [1.54, 1.807) is 12.1 Å². The first-order chi connectivity index (χ1) is 8.93. The Hall–Kier alpha value is -1.88. The Morgan fingerprint density at radius 2 is 1.89 bits per heavy atom. The molecular formula is C14H20N2O3. The highest BCUT2D eigenvalue weighted by Gasteiger charge is 2.12. The van der Waals surface area contributed by atoms with Gasteiger partial charge in [-0.3, -0.25) is 9.59 Å². The quantitative estimate of drug-likeness (QED) is 0.732. The van der Waals surface area contributed by atoms with Crippen molar-refractivity contribution in [3.05, 3.63) is 29.8 Å². The second-order valence-electron chi connectivity index (χ2n) is 4.62. The zero-order valence-electron chi connectivity index (χ0n) is 11.2. The van der Waals surface area contributed by atoms with E-state index in [9.17, 15) is 9.59 Å². The maximum absolute atomic E-state index is 11.6. The van der Waals surface area contributed by atoms with Crippen LogP contribution in [0.5, 0.6) is 0 Å². The number of benzene rings is 1. The topological polar surface area (TPSA) is 92.4 Å². The summed E-state index contributed by atoms with van der Waals surface area (Å²) in [6, 6.07) is 6.65. The lowest BCUT2D eigenvalue weighted by molar-refractivity contribution is -0.137. The molecule has 0 radical (unpaired) electrons. The largest absolute Gasteiger partial charge is 0.481 e. The Kier molecular flexibility index (Phi) is 5.51. The van der Waals surface area contributed by atoms with Crippen molar-refractivity contribution in [1.82, 2.24) is 0 Å².